The van der Waals surface area contributed by atoms with E-state index >= 15 is 0 Å². The third-order valence-electron chi connectivity index (χ3n) is 6.15. The SMILES string of the molecule is CCNC(=O)Nc1ccc(-c2nc3c(c(N4CCOCC4)n2)CCN(c2cncc(C#N)n2)C3)cc1. The summed E-state index contributed by atoms with van der Waals surface area (Å²) in [5.41, 5.74) is 3.91. The quantitative estimate of drug-likeness (QED) is 0.559. The third kappa shape index (κ3) is 5.04. The van der Waals surface area contributed by atoms with Crippen LogP contribution in [-0.2, 0) is 17.7 Å². The van der Waals surface area contributed by atoms with Crippen LogP contribution in [0, 0.1) is 11.3 Å². The second-order valence-electron chi connectivity index (χ2n) is 8.50. The van der Waals surface area contributed by atoms with Gasteiger partial charge in [-0.2, -0.15) is 5.26 Å². The standard InChI is InChI=1S/C25H27N9O2/c1-2-28-25(35)30-18-5-3-17(4-6-18)23-31-21-16-34(22-15-27-14-19(13-26)29-22)8-7-20(21)24(32-23)33-9-11-36-12-10-33/h3-6,14-15H,2,7-12,16H2,1H3,(H2,28,30,35). The Bertz CT molecular complexity index is 1280. The Balaban J connectivity index is 1.48. The number of aromatic nitrogens is 4. The third-order valence-corrected chi connectivity index (χ3v) is 6.15. The maximum atomic E-state index is 11.8. The van der Waals surface area contributed by atoms with Gasteiger partial charge < -0.3 is 25.2 Å². The second-order valence-corrected chi connectivity index (χ2v) is 8.50. The Morgan fingerprint density at radius 2 is 1.89 bits per heavy atom. The predicted molar refractivity (Wildman–Crippen MR) is 135 cm³/mol. The molecule has 0 spiro atoms. The number of hydrogen-bond acceptors (Lipinski definition) is 9. The van der Waals surface area contributed by atoms with Gasteiger partial charge in [0.2, 0.25) is 0 Å². The van der Waals surface area contributed by atoms with Crippen LogP contribution >= 0.6 is 0 Å². The molecule has 0 bridgehead atoms. The van der Waals surface area contributed by atoms with Gasteiger partial charge in [0.15, 0.2) is 11.5 Å². The molecule has 36 heavy (non-hydrogen) atoms. The molecular formula is C25H27N9O2. The highest BCUT2D eigenvalue weighted by atomic mass is 16.5. The average molecular weight is 486 g/mol. The lowest BCUT2D eigenvalue weighted by Gasteiger charge is -2.34. The van der Waals surface area contributed by atoms with Crippen LogP contribution in [0.15, 0.2) is 36.7 Å². The Morgan fingerprint density at radius 1 is 1.08 bits per heavy atom. The van der Waals surface area contributed by atoms with Crippen LogP contribution in [-0.4, -0.2) is 65.4 Å². The number of nitrogens with zero attached hydrogens (tertiary/aromatic N) is 7. The molecule has 2 amide bonds. The van der Waals surface area contributed by atoms with Crippen LogP contribution in [0.3, 0.4) is 0 Å². The number of benzene rings is 1. The molecule has 2 aliphatic heterocycles. The number of fused-ring (bicyclic) bond motifs is 1. The zero-order chi connectivity index (χ0) is 24.9. The van der Waals surface area contributed by atoms with Crippen LogP contribution < -0.4 is 20.4 Å². The number of amides is 2. The minimum atomic E-state index is -0.242. The van der Waals surface area contributed by atoms with Crippen molar-refractivity contribution in [2.75, 3.05) is 54.5 Å². The first-order chi connectivity index (χ1) is 17.6. The van der Waals surface area contributed by atoms with E-state index in [1.165, 1.54) is 6.20 Å². The maximum absolute atomic E-state index is 11.8. The molecule has 2 N–H and O–H groups in total. The molecule has 4 heterocycles. The number of ether oxygens (including phenoxy) is 1. The van der Waals surface area contributed by atoms with Crippen molar-refractivity contribution in [1.29, 1.82) is 5.26 Å². The summed E-state index contributed by atoms with van der Waals surface area (Å²) in [6, 6.07) is 9.33. The van der Waals surface area contributed by atoms with Crippen LogP contribution in [0.5, 0.6) is 0 Å². The molecular weight excluding hydrogens is 458 g/mol. The fraction of sp³-hybridized carbons (Fsp3) is 0.360. The van der Waals surface area contributed by atoms with Crippen molar-refractivity contribution in [3.8, 4) is 17.5 Å². The van der Waals surface area contributed by atoms with Gasteiger partial charge in [0.1, 0.15) is 17.7 Å². The Kier molecular flexibility index (Phi) is 6.86. The van der Waals surface area contributed by atoms with Crippen molar-refractivity contribution in [2.45, 2.75) is 19.9 Å². The predicted octanol–water partition coefficient (Wildman–Crippen LogP) is 2.35. The topological polar surface area (TPSA) is 132 Å². The summed E-state index contributed by atoms with van der Waals surface area (Å²) in [6.07, 6.45) is 3.90. The summed E-state index contributed by atoms with van der Waals surface area (Å²) in [7, 11) is 0. The van der Waals surface area contributed by atoms with Gasteiger partial charge in [0.25, 0.3) is 0 Å². The van der Waals surface area contributed by atoms with Gasteiger partial charge in [-0.3, -0.25) is 4.98 Å². The number of urea groups is 1. The van der Waals surface area contributed by atoms with Gasteiger partial charge in [0.05, 0.1) is 37.8 Å². The first-order valence-electron chi connectivity index (χ1n) is 12.0. The summed E-state index contributed by atoms with van der Waals surface area (Å²) < 4.78 is 5.56. The number of hydrogen-bond donors (Lipinski definition) is 2. The molecule has 0 aliphatic carbocycles. The minimum absolute atomic E-state index is 0.242. The van der Waals surface area contributed by atoms with Gasteiger partial charge in [-0.1, -0.05) is 0 Å². The summed E-state index contributed by atoms with van der Waals surface area (Å²) in [5, 5.41) is 14.8. The highest BCUT2D eigenvalue weighted by Crippen LogP contribution is 2.31. The monoisotopic (exact) mass is 485 g/mol. The fourth-order valence-electron chi connectivity index (χ4n) is 4.37. The molecule has 11 heteroatoms. The molecule has 184 valence electrons. The van der Waals surface area contributed by atoms with Crippen molar-refractivity contribution in [3.63, 3.8) is 0 Å². The molecule has 0 atom stereocenters. The number of morpholine rings is 1. The molecule has 11 nitrogen and oxygen atoms in total. The number of carbonyl (C=O) groups is 1. The van der Waals surface area contributed by atoms with Gasteiger partial charge in [-0.25, -0.2) is 19.7 Å². The average Bonchev–Trinajstić information content (AvgIpc) is 2.93. The van der Waals surface area contributed by atoms with Crippen molar-refractivity contribution in [1.82, 2.24) is 25.3 Å². The van der Waals surface area contributed by atoms with Crippen LogP contribution in [0.1, 0.15) is 23.9 Å². The molecule has 3 aromatic rings. The van der Waals surface area contributed by atoms with Crippen LogP contribution in [0.4, 0.5) is 22.1 Å². The number of nitriles is 1. The van der Waals surface area contributed by atoms with Crippen molar-refractivity contribution >= 4 is 23.4 Å². The van der Waals surface area contributed by atoms with E-state index < -0.39 is 0 Å². The molecule has 1 saturated heterocycles. The summed E-state index contributed by atoms with van der Waals surface area (Å²) in [4.78, 5) is 34.7. The van der Waals surface area contributed by atoms with E-state index in [4.69, 9.17) is 14.7 Å². The zero-order valence-corrected chi connectivity index (χ0v) is 20.1. The van der Waals surface area contributed by atoms with Gasteiger partial charge in [-0.15, -0.1) is 0 Å². The largest absolute Gasteiger partial charge is 0.378 e. The Morgan fingerprint density at radius 3 is 2.64 bits per heavy atom. The molecule has 1 fully saturated rings. The van der Waals surface area contributed by atoms with Crippen LogP contribution in [0.2, 0.25) is 0 Å². The molecule has 0 unspecified atom stereocenters. The first kappa shape index (κ1) is 23.4. The van der Waals surface area contributed by atoms with E-state index in [0.717, 1.165) is 48.7 Å². The summed E-state index contributed by atoms with van der Waals surface area (Å²) >= 11 is 0. The number of rotatable bonds is 5. The van der Waals surface area contributed by atoms with Crippen molar-refractivity contribution < 1.29 is 9.53 Å². The maximum Gasteiger partial charge on any atom is 0.319 e. The molecule has 0 saturated carbocycles. The van der Waals surface area contributed by atoms with Gasteiger partial charge >= 0.3 is 6.03 Å². The lowest BCUT2D eigenvalue weighted by molar-refractivity contribution is 0.122. The lowest BCUT2D eigenvalue weighted by Crippen LogP contribution is -2.39. The summed E-state index contributed by atoms with van der Waals surface area (Å²) in [6.45, 7) is 6.58. The van der Waals surface area contributed by atoms with E-state index in [1.807, 2.05) is 31.2 Å². The highest BCUT2D eigenvalue weighted by molar-refractivity contribution is 5.89. The molecule has 5 rings (SSSR count). The lowest BCUT2D eigenvalue weighted by atomic mass is 10.0. The van der Waals surface area contributed by atoms with Gasteiger partial charge in [0, 0.05) is 43.0 Å². The molecule has 2 aliphatic rings. The summed E-state index contributed by atoms with van der Waals surface area (Å²) in [5.74, 6) is 2.23. The number of anilines is 3. The first-order valence-corrected chi connectivity index (χ1v) is 12.0. The molecule has 0 radical (unpaired) electrons. The van der Waals surface area contributed by atoms with E-state index in [0.29, 0.717) is 43.6 Å². The molecule has 2 aromatic heterocycles. The zero-order valence-electron chi connectivity index (χ0n) is 20.1. The number of carbonyl (C=O) groups excluding carboxylic acids is 1. The highest BCUT2D eigenvalue weighted by Gasteiger charge is 2.27. The van der Waals surface area contributed by atoms with E-state index in [2.05, 4.69) is 36.5 Å². The van der Waals surface area contributed by atoms with Crippen molar-refractivity contribution in [2.24, 2.45) is 0 Å². The van der Waals surface area contributed by atoms with E-state index in [1.54, 1.807) is 6.20 Å². The minimum Gasteiger partial charge on any atom is -0.378 e. The van der Waals surface area contributed by atoms with Gasteiger partial charge in [-0.05, 0) is 37.6 Å². The van der Waals surface area contributed by atoms with E-state index in [-0.39, 0.29) is 11.7 Å². The molecule has 1 aromatic carbocycles. The smallest absolute Gasteiger partial charge is 0.319 e. The number of nitrogens with one attached hydrogen (secondary N) is 2. The fourth-order valence-corrected chi connectivity index (χ4v) is 4.37. The van der Waals surface area contributed by atoms with Crippen molar-refractivity contribution in [3.05, 3.63) is 53.6 Å². The van der Waals surface area contributed by atoms with E-state index in [9.17, 15) is 10.1 Å². The Labute approximate surface area is 209 Å². The Hall–Kier alpha value is -4.30. The normalized spacial score (nSPS) is 15.1. The second kappa shape index (κ2) is 10.5. The van der Waals surface area contributed by atoms with Crippen LogP contribution in [0.25, 0.3) is 11.4 Å².